The number of methoxy groups -OCH3 is 2. The second-order valence-corrected chi connectivity index (χ2v) is 5.99. The van der Waals surface area contributed by atoms with Gasteiger partial charge in [-0.3, -0.25) is 4.99 Å². The third kappa shape index (κ3) is 5.54. The Kier molecular flexibility index (Phi) is 7.79. The number of nitrogens with one attached hydrogen (secondary N) is 1. The molecule has 0 atom stereocenters. The molecule has 0 saturated carbocycles. The zero-order valence-corrected chi connectivity index (χ0v) is 16.8. The van der Waals surface area contributed by atoms with Crippen LogP contribution >= 0.6 is 0 Å². The summed E-state index contributed by atoms with van der Waals surface area (Å²) in [4.78, 5) is 6.44. The van der Waals surface area contributed by atoms with E-state index in [-0.39, 0.29) is 0 Å². The van der Waals surface area contributed by atoms with Gasteiger partial charge in [-0.15, -0.1) is 0 Å². The van der Waals surface area contributed by atoms with Crippen molar-refractivity contribution in [2.45, 2.75) is 20.0 Å². The molecule has 0 spiro atoms. The first kappa shape index (κ1) is 20.4. The van der Waals surface area contributed by atoms with Crippen molar-refractivity contribution in [3.8, 4) is 17.2 Å². The van der Waals surface area contributed by atoms with Gasteiger partial charge in [0.15, 0.2) is 17.5 Å². The van der Waals surface area contributed by atoms with E-state index in [1.165, 1.54) is 0 Å². The number of hydrogen-bond donors (Lipinski definition) is 1. The van der Waals surface area contributed by atoms with Crippen molar-refractivity contribution in [1.29, 1.82) is 0 Å². The zero-order valence-electron chi connectivity index (χ0n) is 16.8. The van der Waals surface area contributed by atoms with Crippen LogP contribution in [0.1, 0.15) is 18.1 Å². The molecule has 6 nitrogen and oxygen atoms in total. The normalized spacial score (nSPS) is 11.1. The minimum absolute atomic E-state index is 0.605. The van der Waals surface area contributed by atoms with Gasteiger partial charge in [-0.25, -0.2) is 0 Å². The van der Waals surface area contributed by atoms with Gasteiger partial charge in [-0.05, 0) is 30.7 Å². The highest BCUT2D eigenvalue weighted by Crippen LogP contribution is 2.28. The summed E-state index contributed by atoms with van der Waals surface area (Å²) in [6.45, 7) is 3.88. The number of hydrogen-bond acceptors (Lipinski definition) is 4. The summed E-state index contributed by atoms with van der Waals surface area (Å²) in [6.07, 6.45) is 0. The number of nitrogens with zero attached hydrogens (tertiary/aromatic N) is 2. The van der Waals surface area contributed by atoms with Gasteiger partial charge in [-0.2, -0.15) is 0 Å². The lowest BCUT2D eigenvalue weighted by molar-refractivity contribution is 0.310. The molecule has 146 valence electrons. The minimum Gasteiger partial charge on any atom is -0.496 e. The smallest absolute Gasteiger partial charge is 0.193 e. The third-order valence-electron chi connectivity index (χ3n) is 4.15. The van der Waals surface area contributed by atoms with E-state index in [9.17, 15) is 0 Å². The lowest BCUT2D eigenvalue weighted by Crippen LogP contribution is -2.38. The molecule has 1 N–H and O–H groups in total. The van der Waals surface area contributed by atoms with E-state index in [1.807, 2.05) is 50.4 Å². The quantitative estimate of drug-likeness (QED) is 0.570. The number of ether oxygens (including phenoxy) is 3. The number of benzene rings is 2. The molecule has 6 heteroatoms. The van der Waals surface area contributed by atoms with Crippen LogP contribution in [0, 0.1) is 0 Å². The van der Waals surface area contributed by atoms with Crippen molar-refractivity contribution in [3.05, 3.63) is 53.6 Å². The van der Waals surface area contributed by atoms with E-state index in [1.54, 1.807) is 21.3 Å². The molecule has 0 aliphatic heterocycles. The van der Waals surface area contributed by atoms with Gasteiger partial charge in [0.2, 0.25) is 0 Å². The SMILES string of the molecule is CCOc1ccc(CNC(=NC)N(C)Cc2ccccc2OC)cc1OC. The van der Waals surface area contributed by atoms with Crippen molar-refractivity contribution in [2.75, 3.05) is 34.9 Å². The van der Waals surface area contributed by atoms with Gasteiger partial charge in [0.1, 0.15) is 5.75 Å². The van der Waals surface area contributed by atoms with E-state index in [2.05, 4.69) is 21.3 Å². The molecule has 0 fully saturated rings. The average molecular weight is 371 g/mol. The zero-order chi connectivity index (χ0) is 19.6. The summed E-state index contributed by atoms with van der Waals surface area (Å²) in [7, 11) is 7.11. The Morgan fingerprint density at radius 2 is 1.78 bits per heavy atom. The van der Waals surface area contributed by atoms with E-state index in [0.29, 0.717) is 19.7 Å². The van der Waals surface area contributed by atoms with Crippen LogP contribution in [-0.2, 0) is 13.1 Å². The summed E-state index contributed by atoms with van der Waals surface area (Å²) in [5, 5.41) is 3.38. The molecule has 0 saturated heterocycles. The van der Waals surface area contributed by atoms with Gasteiger partial charge in [0.05, 0.1) is 20.8 Å². The van der Waals surface area contributed by atoms with Crippen LogP contribution in [-0.4, -0.2) is 45.8 Å². The number of rotatable bonds is 8. The van der Waals surface area contributed by atoms with Gasteiger partial charge >= 0.3 is 0 Å². The molecule has 0 bridgehead atoms. The first-order valence-electron chi connectivity index (χ1n) is 8.96. The Morgan fingerprint density at radius 1 is 1.04 bits per heavy atom. The first-order valence-corrected chi connectivity index (χ1v) is 8.96. The molecule has 2 aromatic carbocycles. The Balaban J connectivity index is 2.02. The third-order valence-corrected chi connectivity index (χ3v) is 4.15. The van der Waals surface area contributed by atoms with E-state index in [4.69, 9.17) is 14.2 Å². The molecule has 0 aliphatic carbocycles. The van der Waals surface area contributed by atoms with Gasteiger partial charge in [-0.1, -0.05) is 24.3 Å². The number of guanidine groups is 1. The highest BCUT2D eigenvalue weighted by atomic mass is 16.5. The number of para-hydroxylation sites is 1. The second kappa shape index (κ2) is 10.3. The Morgan fingerprint density at radius 3 is 2.44 bits per heavy atom. The summed E-state index contributed by atoms with van der Waals surface area (Å²) in [5.74, 6) is 3.15. The van der Waals surface area contributed by atoms with E-state index < -0.39 is 0 Å². The lowest BCUT2D eigenvalue weighted by Gasteiger charge is -2.23. The predicted molar refractivity (Wildman–Crippen MR) is 109 cm³/mol. The highest BCUT2D eigenvalue weighted by Gasteiger charge is 2.11. The van der Waals surface area contributed by atoms with Crippen LogP contribution in [0.5, 0.6) is 17.2 Å². The second-order valence-electron chi connectivity index (χ2n) is 5.99. The fraction of sp³-hybridized carbons (Fsp3) is 0.381. The Hall–Kier alpha value is -2.89. The highest BCUT2D eigenvalue weighted by molar-refractivity contribution is 5.79. The van der Waals surface area contributed by atoms with Crippen molar-refractivity contribution in [3.63, 3.8) is 0 Å². The summed E-state index contributed by atoms with van der Waals surface area (Å²) < 4.78 is 16.4. The molecule has 0 aromatic heterocycles. The monoisotopic (exact) mass is 371 g/mol. The molecule has 0 radical (unpaired) electrons. The molecule has 2 rings (SSSR count). The number of aliphatic imine (C=N–C) groups is 1. The van der Waals surface area contributed by atoms with Gasteiger partial charge in [0, 0.05) is 32.7 Å². The van der Waals surface area contributed by atoms with Crippen LogP contribution in [0.3, 0.4) is 0 Å². The molecule has 2 aromatic rings. The lowest BCUT2D eigenvalue weighted by atomic mass is 10.2. The van der Waals surface area contributed by atoms with Crippen molar-refractivity contribution in [2.24, 2.45) is 4.99 Å². The van der Waals surface area contributed by atoms with Gasteiger partial charge < -0.3 is 24.4 Å². The molecular formula is C21H29N3O3. The summed E-state index contributed by atoms with van der Waals surface area (Å²) in [5.41, 5.74) is 2.19. The Labute approximate surface area is 161 Å². The van der Waals surface area contributed by atoms with Crippen molar-refractivity contribution in [1.82, 2.24) is 10.2 Å². The van der Waals surface area contributed by atoms with Gasteiger partial charge in [0.25, 0.3) is 0 Å². The fourth-order valence-corrected chi connectivity index (χ4v) is 2.83. The largest absolute Gasteiger partial charge is 0.496 e. The molecule has 27 heavy (non-hydrogen) atoms. The van der Waals surface area contributed by atoms with E-state index >= 15 is 0 Å². The predicted octanol–water partition coefficient (Wildman–Crippen LogP) is 3.31. The van der Waals surface area contributed by atoms with Crippen LogP contribution in [0.4, 0.5) is 0 Å². The van der Waals surface area contributed by atoms with Crippen LogP contribution in [0.15, 0.2) is 47.5 Å². The molecule has 0 aliphatic rings. The molecular weight excluding hydrogens is 342 g/mol. The van der Waals surface area contributed by atoms with Crippen LogP contribution in [0.2, 0.25) is 0 Å². The maximum atomic E-state index is 5.57. The summed E-state index contributed by atoms with van der Waals surface area (Å²) in [6, 6.07) is 13.9. The van der Waals surface area contributed by atoms with Crippen molar-refractivity contribution >= 4 is 5.96 Å². The van der Waals surface area contributed by atoms with Crippen molar-refractivity contribution < 1.29 is 14.2 Å². The molecule has 0 amide bonds. The minimum atomic E-state index is 0.605. The Bertz CT molecular complexity index is 762. The standard InChI is InChI=1S/C21H29N3O3/c1-6-27-19-12-11-16(13-20(19)26-5)14-23-21(22-2)24(3)15-17-9-7-8-10-18(17)25-4/h7-13H,6,14-15H2,1-5H3,(H,22,23). The maximum Gasteiger partial charge on any atom is 0.193 e. The van der Waals surface area contributed by atoms with Crippen LogP contribution in [0.25, 0.3) is 0 Å². The average Bonchev–Trinajstić information content (AvgIpc) is 2.70. The molecule has 0 unspecified atom stereocenters. The summed E-state index contributed by atoms with van der Waals surface area (Å²) >= 11 is 0. The fourth-order valence-electron chi connectivity index (χ4n) is 2.83. The molecule has 0 heterocycles. The van der Waals surface area contributed by atoms with E-state index in [0.717, 1.165) is 34.3 Å². The first-order chi connectivity index (χ1) is 13.1. The maximum absolute atomic E-state index is 5.57. The van der Waals surface area contributed by atoms with Crippen LogP contribution < -0.4 is 19.5 Å². The topological polar surface area (TPSA) is 55.3 Å².